The van der Waals surface area contributed by atoms with Crippen LogP contribution in [-0.2, 0) is 0 Å². The second-order valence-electron chi connectivity index (χ2n) is 6.19. The predicted molar refractivity (Wildman–Crippen MR) is 88.0 cm³/mol. The van der Waals surface area contributed by atoms with Crippen LogP contribution in [0.3, 0.4) is 0 Å². The minimum Gasteiger partial charge on any atom is -0.327 e. The molecule has 0 radical (unpaired) electrons. The van der Waals surface area contributed by atoms with Crippen molar-refractivity contribution in [2.24, 2.45) is 11.1 Å². The molecule has 2 unspecified atom stereocenters. The third-order valence-electron chi connectivity index (χ3n) is 5.57. The molecule has 2 atom stereocenters. The third kappa shape index (κ3) is 2.28. The van der Waals surface area contributed by atoms with E-state index in [2.05, 4.69) is 55.2 Å². The zero-order valence-corrected chi connectivity index (χ0v) is 12.9. The van der Waals surface area contributed by atoms with Crippen LogP contribution in [0.4, 0.5) is 0 Å². The molecule has 1 fully saturated rings. The Morgan fingerprint density at radius 1 is 1.00 bits per heavy atom. The van der Waals surface area contributed by atoms with Crippen LogP contribution in [0, 0.1) is 5.41 Å². The molecule has 0 spiro atoms. The van der Waals surface area contributed by atoms with Crippen LogP contribution in [0.5, 0.6) is 0 Å². The highest BCUT2D eigenvalue weighted by atomic mass is 14.8. The van der Waals surface area contributed by atoms with Crippen molar-refractivity contribution in [1.82, 2.24) is 4.98 Å². The van der Waals surface area contributed by atoms with Gasteiger partial charge in [-0.3, -0.25) is 4.98 Å². The first-order valence-corrected chi connectivity index (χ1v) is 7.97. The standard InChI is InChI=1S/C19H24N2/c1-3-19(4-2)17(13-18(19)20)16-7-5-14(6-8-16)15-9-11-21-12-10-15/h5-12,17-18H,3-4,13,20H2,1-2H3. The second-order valence-corrected chi connectivity index (χ2v) is 6.19. The van der Waals surface area contributed by atoms with Crippen LogP contribution >= 0.6 is 0 Å². The Bertz CT molecular complexity index is 585. The first-order chi connectivity index (χ1) is 10.2. The fourth-order valence-corrected chi connectivity index (χ4v) is 4.01. The number of nitrogens with zero attached hydrogens (tertiary/aromatic N) is 1. The highest BCUT2D eigenvalue weighted by molar-refractivity contribution is 5.63. The van der Waals surface area contributed by atoms with E-state index in [1.54, 1.807) is 0 Å². The van der Waals surface area contributed by atoms with Gasteiger partial charge < -0.3 is 5.73 Å². The lowest BCUT2D eigenvalue weighted by molar-refractivity contribution is 0.0438. The summed E-state index contributed by atoms with van der Waals surface area (Å²) < 4.78 is 0. The molecule has 1 aromatic heterocycles. The zero-order valence-electron chi connectivity index (χ0n) is 12.9. The number of hydrogen-bond acceptors (Lipinski definition) is 2. The van der Waals surface area contributed by atoms with Crippen molar-refractivity contribution in [2.45, 2.75) is 45.1 Å². The molecule has 0 aliphatic heterocycles. The van der Waals surface area contributed by atoms with Gasteiger partial charge in [-0.1, -0.05) is 38.1 Å². The number of pyridine rings is 1. The van der Waals surface area contributed by atoms with Gasteiger partial charge in [-0.05, 0) is 59.4 Å². The van der Waals surface area contributed by atoms with E-state index in [0.717, 1.165) is 6.42 Å². The Kier molecular flexibility index (Phi) is 3.81. The summed E-state index contributed by atoms with van der Waals surface area (Å²) in [5, 5.41) is 0. The van der Waals surface area contributed by atoms with E-state index in [4.69, 9.17) is 5.73 Å². The molecule has 2 N–H and O–H groups in total. The highest BCUT2D eigenvalue weighted by Crippen LogP contribution is 2.56. The van der Waals surface area contributed by atoms with Crippen molar-refractivity contribution in [3.63, 3.8) is 0 Å². The summed E-state index contributed by atoms with van der Waals surface area (Å²) in [4.78, 5) is 4.07. The van der Waals surface area contributed by atoms with Crippen molar-refractivity contribution in [3.8, 4) is 11.1 Å². The van der Waals surface area contributed by atoms with Gasteiger partial charge in [0, 0.05) is 18.4 Å². The zero-order chi connectivity index (χ0) is 14.9. The fraction of sp³-hybridized carbons (Fsp3) is 0.421. The van der Waals surface area contributed by atoms with Crippen LogP contribution in [0.1, 0.15) is 44.6 Å². The lowest BCUT2D eigenvalue weighted by atomic mass is 9.52. The first kappa shape index (κ1) is 14.3. The van der Waals surface area contributed by atoms with Crippen LogP contribution in [0.2, 0.25) is 0 Å². The van der Waals surface area contributed by atoms with Gasteiger partial charge in [0.05, 0.1) is 0 Å². The maximum atomic E-state index is 6.32. The first-order valence-electron chi connectivity index (χ1n) is 7.97. The summed E-state index contributed by atoms with van der Waals surface area (Å²) in [6.07, 6.45) is 7.14. The van der Waals surface area contributed by atoms with Crippen LogP contribution in [0.25, 0.3) is 11.1 Å². The molecule has 1 saturated carbocycles. The smallest absolute Gasteiger partial charge is 0.0273 e. The molecule has 0 amide bonds. The maximum Gasteiger partial charge on any atom is 0.0273 e. The Morgan fingerprint density at radius 3 is 2.10 bits per heavy atom. The highest BCUT2D eigenvalue weighted by Gasteiger charge is 2.50. The van der Waals surface area contributed by atoms with Crippen LogP contribution in [0.15, 0.2) is 48.8 Å². The van der Waals surface area contributed by atoms with Gasteiger partial charge in [0.2, 0.25) is 0 Å². The number of nitrogens with two attached hydrogens (primary N) is 1. The summed E-state index contributed by atoms with van der Waals surface area (Å²) in [7, 11) is 0. The second kappa shape index (κ2) is 5.61. The van der Waals surface area contributed by atoms with Gasteiger partial charge in [0.25, 0.3) is 0 Å². The average Bonchev–Trinajstić information content (AvgIpc) is 2.55. The van der Waals surface area contributed by atoms with Gasteiger partial charge in [0.1, 0.15) is 0 Å². The fourth-order valence-electron chi connectivity index (χ4n) is 4.01. The molecule has 2 heteroatoms. The molecule has 2 aromatic rings. The Labute approximate surface area is 127 Å². The molecular weight excluding hydrogens is 256 g/mol. The Balaban J connectivity index is 1.85. The van der Waals surface area contributed by atoms with Crippen LogP contribution in [-0.4, -0.2) is 11.0 Å². The molecule has 3 rings (SSSR count). The normalized spacial score (nSPS) is 23.6. The van der Waals surface area contributed by atoms with E-state index in [1.807, 2.05) is 12.4 Å². The molecule has 2 nitrogen and oxygen atoms in total. The lowest BCUT2D eigenvalue weighted by Crippen LogP contribution is -2.55. The molecule has 1 aliphatic carbocycles. The van der Waals surface area contributed by atoms with Gasteiger partial charge in [-0.15, -0.1) is 0 Å². The summed E-state index contributed by atoms with van der Waals surface area (Å²) in [5.74, 6) is 0.619. The molecule has 0 bridgehead atoms. The van der Waals surface area contributed by atoms with Gasteiger partial charge >= 0.3 is 0 Å². The van der Waals surface area contributed by atoms with Crippen LogP contribution < -0.4 is 5.73 Å². The summed E-state index contributed by atoms with van der Waals surface area (Å²) in [6.45, 7) is 4.56. The van der Waals surface area contributed by atoms with Gasteiger partial charge in [0.15, 0.2) is 0 Å². The maximum absolute atomic E-state index is 6.32. The number of hydrogen-bond donors (Lipinski definition) is 1. The van der Waals surface area contributed by atoms with E-state index in [1.165, 1.54) is 29.5 Å². The number of aromatic nitrogens is 1. The van der Waals surface area contributed by atoms with Crippen molar-refractivity contribution in [3.05, 3.63) is 54.4 Å². The quantitative estimate of drug-likeness (QED) is 0.903. The number of rotatable bonds is 4. The molecule has 21 heavy (non-hydrogen) atoms. The Morgan fingerprint density at radius 2 is 1.57 bits per heavy atom. The summed E-state index contributed by atoms with van der Waals surface area (Å²) in [5.41, 5.74) is 10.5. The van der Waals surface area contributed by atoms with Crippen molar-refractivity contribution in [1.29, 1.82) is 0 Å². The molecule has 1 heterocycles. The van der Waals surface area contributed by atoms with Crippen molar-refractivity contribution >= 4 is 0 Å². The number of benzene rings is 1. The lowest BCUT2D eigenvalue weighted by Gasteiger charge is -2.55. The minimum absolute atomic E-state index is 0.304. The summed E-state index contributed by atoms with van der Waals surface area (Å²) in [6, 6.07) is 13.5. The van der Waals surface area contributed by atoms with E-state index in [9.17, 15) is 0 Å². The topological polar surface area (TPSA) is 38.9 Å². The molecular formula is C19H24N2. The molecule has 1 aromatic carbocycles. The van der Waals surface area contributed by atoms with E-state index in [-0.39, 0.29) is 0 Å². The molecule has 0 saturated heterocycles. The van der Waals surface area contributed by atoms with Gasteiger partial charge in [-0.2, -0.15) is 0 Å². The minimum atomic E-state index is 0.304. The Hall–Kier alpha value is -1.67. The average molecular weight is 280 g/mol. The SMILES string of the molecule is CCC1(CC)C(N)CC1c1ccc(-c2ccncc2)cc1. The van der Waals surface area contributed by atoms with E-state index < -0.39 is 0 Å². The van der Waals surface area contributed by atoms with Crippen molar-refractivity contribution in [2.75, 3.05) is 0 Å². The molecule has 1 aliphatic rings. The van der Waals surface area contributed by atoms with Crippen molar-refractivity contribution < 1.29 is 0 Å². The van der Waals surface area contributed by atoms with E-state index in [0.29, 0.717) is 17.4 Å². The van der Waals surface area contributed by atoms with E-state index >= 15 is 0 Å². The monoisotopic (exact) mass is 280 g/mol. The summed E-state index contributed by atoms with van der Waals surface area (Å²) >= 11 is 0. The molecule has 110 valence electrons. The third-order valence-corrected chi connectivity index (χ3v) is 5.57. The largest absolute Gasteiger partial charge is 0.327 e. The van der Waals surface area contributed by atoms with Gasteiger partial charge in [-0.25, -0.2) is 0 Å². The predicted octanol–water partition coefficient (Wildman–Crippen LogP) is 4.37.